The summed E-state index contributed by atoms with van der Waals surface area (Å²) in [5.41, 5.74) is 4.07. The molecule has 0 spiro atoms. The number of carbonyl (C=O) groups is 2. The average molecular weight is 436 g/mol. The van der Waals surface area contributed by atoms with Gasteiger partial charge in [0.25, 0.3) is 5.91 Å². The van der Waals surface area contributed by atoms with Crippen LogP contribution in [0.2, 0.25) is 0 Å². The molecule has 1 aliphatic carbocycles. The van der Waals surface area contributed by atoms with Crippen LogP contribution in [-0.2, 0) is 16.1 Å². The minimum absolute atomic E-state index is 0.0677. The summed E-state index contributed by atoms with van der Waals surface area (Å²) >= 11 is 0. The average Bonchev–Trinajstić information content (AvgIpc) is 3.16. The first kappa shape index (κ1) is 22.0. The van der Waals surface area contributed by atoms with Crippen LogP contribution in [0.4, 0.5) is 5.95 Å². The van der Waals surface area contributed by atoms with Crippen LogP contribution in [0.25, 0.3) is 11.0 Å². The molecule has 0 radical (unpaired) electrons. The SMILES string of the molecule is CCOC(=O)C1CCC(n2c(NC(=O)c3ccc(C)cc3)nc3ccc(CO)cc32)CC1. The Labute approximate surface area is 187 Å². The van der Waals surface area contributed by atoms with Crippen molar-refractivity contribution in [2.45, 2.75) is 52.2 Å². The zero-order valence-corrected chi connectivity index (χ0v) is 18.5. The van der Waals surface area contributed by atoms with Gasteiger partial charge in [0.2, 0.25) is 5.95 Å². The number of fused-ring (bicyclic) bond motifs is 1. The van der Waals surface area contributed by atoms with Gasteiger partial charge >= 0.3 is 5.97 Å². The lowest BCUT2D eigenvalue weighted by Crippen LogP contribution is -2.26. The molecule has 1 aromatic heterocycles. The normalized spacial score (nSPS) is 18.5. The minimum atomic E-state index is -0.218. The highest BCUT2D eigenvalue weighted by Gasteiger charge is 2.30. The van der Waals surface area contributed by atoms with Crippen LogP contribution in [-0.4, -0.2) is 33.1 Å². The van der Waals surface area contributed by atoms with Crippen molar-refractivity contribution in [3.8, 4) is 0 Å². The van der Waals surface area contributed by atoms with Crippen molar-refractivity contribution in [1.82, 2.24) is 9.55 Å². The van der Waals surface area contributed by atoms with Crippen molar-refractivity contribution in [1.29, 1.82) is 0 Å². The lowest BCUT2D eigenvalue weighted by Gasteiger charge is -2.29. The summed E-state index contributed by atoms with van der Waals surface area (Å²) < 4.78 is 7.26. The van der Waals surface area contributed by atoms with E-state index in [2.05, 4.69) is 14.9 Å². The summed E-state index contributed by atoms with van der Waals surface area (Å²) in [7, 11) is 0. The molecule has 0 saturated heterocycles. The molecule has 1 saturated carbocycles. The number of aliphatic hydroxyl groups is 1. The monoisotopic (exact) mass is 435 g/mol. The fraction of sp³-hybridized carbons (Fsp3) is 0.400. The van der Waals surface area contributed by atoms with E-state index in [1.165, 1.54) is 0 Å². The lowest BCUT2D eigenvalue weighted by molar-refractivity contribution is -0.149. The Morgan fingerprint density at radius 2 is 1.84 bits per heavy atom. The molecule has 0 bridgehead atoms. The molecule has 168 valence electrons. The number of aromatic nitrogens is 2. The molecular formula is C25H29N3O4. The van der Waals surface area contributed by atoms with Crippen LogP contribution < -0.4 is 5.32 Å². The highest BCUT2D eigenvalue weighted by atomic mass is 16.5. The number of esters is 1. The minimum Gasteiger partial charge on any atom is -0.466 e. The first-order valence-electron chi connectivity index (χ1n) is 11.2. The zero-order valence-electron chi connectivity index (χ0n) is 18.5. The summed E-state index contributed by atoms with van der Waals surface area (Å²) in [5, 5.41) is 12.6. The van der Waals surface area contributed by atoms with E-state index in [1.807, 2.05) is 44.2 Å². The number of amides is 1. The first-order valence-corrected chi connectivity index (χ1v) is 11.2. The molecule has 32 heavy (non-hydrogen) atoms. The molecule has 2 N–H and O–H groups in total. The molecule has 4 rings (SSSR count). The molecule has 1 fully saturated rings. The van der Waals surface area contributed by atoms with Gasteiger partial charge in [0.1, 0.15) is 0 Å². The third-order valence-electron chi connectivity index (χ3n) is 6.16. The van der Waals surface area contributed by atoms with Crippen molar-refractivity contribution in [3.63, 3.8) is 0 Å². The molecule has 7 nitrogen and oxygen atoms in total. The zero-order chi connectivity index (χ0) is 22.7. The predicted octanol–water partition coefficient (Wildman–Crippen LogP) is 4.38. The molecule has 1 amide bonds. The van der Waals surface area contributed by atoms with Crippen LogP contribution >= 0.6 is 0 Å². The third-order valence-corrected chi connectivity index (χ3v) is 6.16. The van der Waals surface area contributed by atoms with E-state index in [0.29, 0.717) is 18.1 Å². The molecule has 0 aliphatic heterocycles. The summed E-state index contributed by atoms with van der Waals surface area (Å²) in [5.74, 6) is 0.0564. The van der Waals surface area contributed by atoms with E-state index in [4.69, 9.17) is 4.74 Å². The number of aliphatic hydroxyl groups excluding tert-OH is 1. The quantitative estimate of drug-likeness (QED) is 0.561. The van der Waals surface area contributed by atoms with Gasteiger partial charge < -0.3 is 14.4 Å². The highest BCUT2D eigenvalue weighted by molar-refractivity contribution is 6.04. The number of nitrogens with one attached hydrogen (secondary N) is 1. The Kier molecular flexibility index (Phi) is 6.55. The standard InChI is InChI=1S/C25H29N3O4/c1-3-32-24(31)19-9-11-20(12-10-19)28-22-14-17(15-29)6-13-21(22)26-25(28)27-23(30)18-7-4-16(2)5-8-18/h4-8,13-14,19-20,29H,3,9-12,15H2,1-2H3,(H,26,27,30). The van der Waals surface area contributed by atoms with Crippen molar-refractivity contribution in [3.05, 3.63) is 59.2 Å². The molecule has 1 heterocycles. The maximum atomic E-state index is 12.9. The van der Waals surface area contributed by atoms with Crippen molar-refractivity contribution in [2.75, 3.05) is 11.9 Å². The van der Waals surface area contributed by atoms with Gasteiger partial charge in [0.05, 0.1) is 30.2 Å². The maximum absolute atomic E-state index is 12.9. The topological polar surface area (TPSA) is 93.5 Å². The summed E-state index contributed by atoms with van der Waals surface area (Å²) in [6, 6.07) is 13.1. The van der Waals surface area contributed by atoms with Crippen LogP contribution in [0.3, 0.4) is 0 Å². The van der Waals surface area contributed by atoms with Crippen LogP contribution in [0.15, 0.2) is 42.5 Å². The fourth-order valence-corrected chi connectivity index (χ4v) is 4.40. The Bertz CT molecular complexity index is 1110. The van der Waals surface area contributed by atoms with Crippen LogP contribution in [0.5, 0.6) is 0 Å². The number of benzene rings is 2. The number of hydrogen-bond acceptors (Lipinski definition) is 5. The molecule has 0 unspecified atom stereocenters. The maximum Gasteiger partial charge on any atom is 0.308 e. The number of aryl methyl sites for hydroxylation is 1. The lowest BCUT2D eigenvalue weighted by atomic mass is 9.86. The number of carbonyl (C=O) groups excluding carboxylic acids is 2. The van der Waals surface area contributed by atoms with E-state index < -0.39 is 0 Å². The molecule has 3 aromatic rings. The van der Waals surface area contributed by atoms with E-state index in [9.17, 15) is 14.7 Å². The fourth-order valence-electron chi connectivity index (χ4n) is 4.40. The highest BCUT2D eigenvalue weighted by Crippen LogP contribution is 2.37. The smallest absolute Gasteiger partial charge is 0.308 e. The van der Waals surface area contributed by atoms with Crippen LogP contribution in [0.1, 0.15) is 60.1 Å². The van der Waals surface area contributed by atoms with E-state index in [-0.39, 0.29) is 30.4 Å². The van der Waals surface area contributed by atoms with Gasteiger partial charge in [0, 0.05) is 11.6 Å². The number of nitrogens with zero attached hydrogens (tertiary/aromatic N) is 2. The number of ether oxygens (including phenoxy) is 1. The van der Waals surface area contributed by atoms with Gasteiger partial charge in [-0.1, -0.05) is 23.8 Å². The molecule has 7 heteroatoms. The Morgan fingerprint density at radius 1 is 1.12 bits per heavy atom. The number of anilines is 1. The van der Waals surface area contributed by atoms with Gasteiger partial charge in [0.15, 0.2) is 0 Å². The predicted molar refractivity (Wildman–Crippen MR) is 122 cm³/mol. The number of hydrogen-bond donors (Lipinski definition) is 2. The van der Waals surface area contributed by atoms with Gasteiger partial charge in [-0.2, -0.15) is 0 Å². The molecule has 0 atom stereocenters. The van der Waals surface area contributed by atoms with Crippen molar-refractivity contribution < 1.29 is 19.4 Å². The van der Waals surface area contributed by atoms with E-state index in [0.717, 1.165) is 47.8 Å². The molecular weight excluding hydrogens is 406 g/mol. The van der Waals surface area contributed by atoms with Crippen molar-refractivity contribution in [2.24, 2.45) is 5.92 Å². The first-order chi connectivity index (χ1) is 15.5. The van der Waals surface area contributed by atoms with Crippen molar-refractivity contribution >= 4 is 28.9 Å². The second-order valence-electron chi connectivity index (χ2n) is 8.36. The second-order valence-corrected chi connectivity index (χ2v) is 8.36. The Balaban J connectivity index is 1.64. The Hall–Kier alpha value is -3.19. The number of rotatable bonds is 6. The van der Waals surface area contributed by atoms with Gasteiger partial charge in [-0.15, -0.1) is 0 Å². The molecule has 1 aliphatic rings. The van der Waals surface area contributed by atoms with E-state index >= 15 is 0 Å². The second kappa shape index (κ2) is 9.53. The van der Waals surface area contributed by atoms with Gasteiger partial charge in [-0.3, -0.25) is 14.9 Å². The molecule has 2 aromatic carbocycles. The van der Waals surface area contributed by atoms with Crippen LogP contribution in [0, 0.1) is 12.8 Å². The van der Waals surface area contributed by atoms with E-state index in [1.54, 1.807) is 12.1 Å². The van der Waals surface area contributed by atoms with Gasteiger partial charge in [-0.05, 0) is 69.4 Å². The van der Waals surface area contributed by atoms with Gasteiger partial charge in [-0.25, -0.2) is 4.98 Å². The summed E-state index contributed by atoms with van der Waals surface area (Å²) in [6.45, 7) is 4.13. The third kappa shape index (κ3) is 4.53. The number of imidazole rings is 1. The largest absolute Gasteiger partial charge is 0.466 e. The summed E-state index contributed by atoms with van der Waals surface area (Å²) in [4.78, 5) is 29.7. The summed E-state index contributed by atoms with van der Waals surface area (Å²) in [6.07, 6.45) is 3.03. The Morgan fingerprint density at radius 3 is 2.50 bits per heavy atom.